The zero-order valence-electron chi connectivity index (χ0n) is 30.0. The molecule has 0 unspecified atom stereocenters. The number of aromatic nitrogens is 2. The average molecular weight is 769 g/mol. The quantitative estimate of drug-likeness (QED) is 0.0302. The van der Waals surface area contributed by atoms with Gasteiger partial charge in [-0.2, -0.15) is 11.8 Å². The number of H-pyrrole nitrogens is 1. The molecule has 1 fully saturated rings. The van der Waals surface area contributed by atoms with Crippen LogP contribution < -0.4 is 43.8 Å². The fourth-order valence-electron chi connectivity index (χ4n) is 5.28. The Bertz CT molecular complexity index is 1440. The Morgan fingerprint density at radius 3 is 2.15 bits per heavy atom. The molecule has 2 rings (SSSR count). The van der Waals surface area contributed by atoms with E-state index in [1.165, 1.54) is 43.0 Å². The molecule has 1 aromatic rings. The summed E-state index contributed by atoms with van der Waals surface area (Å²) in [5.74, 6) is -5.41. The van der Waals surface area contributed by atoms with Crippen LogP contribution in [0.5, 0.6) is 0 Å². The summed E-state index contributed by atoms with van der Waals surface area (Å²) in [7, 11) is 0. The van der Waals surface area contributed by atoms with Crippen LogP contribution in [0.3, 0.4) is 0 Å². The molecule has 1 aliphatic heterocycles. The highest BCUT2D eigenvalue weighted by Gasteiger charge is 2.39. The van der Waals surface area contributed by atoms with Crippen molar-refractivity contribution >= 4 is 59.1 Å². The number of aliphatic hydroxyl groups excluding tert-OH is 1. The van der Waals surface area contributed by atoms with Crippen LogP contribution in [-0.2, 0) is 40.0 Å². The lowest BCUT2D eigenvalue weighted by molar-refractivity contribution is -0.142. The lowest BCUT2D eigenvalue weighted by Crippen LogP contribution is -2.60. The van der Waals surface area contributed by atoms with Crippen LogP contribution >= 0.6 is 11.8 Å². The van der Waals surface area contributed by atoms with Crippen molar-refractivity contribution in [1.29, 1.82) is 0 Å². The summed E-state index contributed by atoms with van der Waals surface area (Å²) in [5, 5.41) is 31.8. The first-order chi connectivity index (χ1) is 25.1. The molecule has 0 spiro atoms. The minimum atomic E-state index is -1.53. The molecule has 1 saturated heterocycles. The van der Waals surface area contributed by atoms with Crippen LogP contribution in [-0.4, -0.2) is 146 Å². The van der Waals surface area contributed by atoms with Crippen molar-refractivity contribution < 1.29 is 43.8 Å². The van der Waals surface area contributed by atoms with Gasteiger partial charge in [0.2, 0.25) is 35.4 Å². The van der Waals surface area contributed by atoms with E-state index in [0.29, 0.717) is 17.9 Å². The maximum Gasteiger partial charge on any atom is 0.325 e. The number of thioether (sulfide) groups is 1. The minimum Gasteiger partial charge on any atom is -0.480 e. The lowest BCUT2D eigenvalue weighted by atomic mass is 10.1. The predicted octanol–water partition coefficient (Wildman–Crippen LogP) is -4.38. The van der Waals surface area contributed by atoms with Gasteiger partial charge in [-0.25, -0.2) is 4.98 Å². The van der Waals surface area contributed by atoms with E-state index in [1.807, 2.05) is 0 Å². The number of carbonyl (C=O) groups is 7. The molecule has 0 bridgehead atoms. The number of aliphatic hydroxyl groups is 1. The molecule has 1 aromatic heterocycles. The van der Waals surface area contributed by atoms with Crippen LogP contribution in [0.15, 0.2) is 17.5 Å². The highest BCUT2D eigenvalue weighted by molar-refractivity contribution is 7.98. The van der Waals surface area contributed by atoms with Gasteiger partial charge < -0.3 is 63.9 Å². The van der Waals surface area contributed by atoms with Crippen molar-refractivity contribution in [3.8, 4) is 0 Å². The van der Waals surface area contributed by atoms with Gasteiger partial charge in [-0.3, -0.25) is 38.6 Å². The highest BCUT2D eigenvalue weighted by atomic mass is 32.2. The number of carboxylic acid groups (broad SMARTS) is 1. The molecular weight excluding hydrogens is 716 g/mol. The van der Waals surface area contributed by atoms with Crippen LogP contribution in [0.25, 0.3) is 0 Å². The summed E-state index contributed by atoms with van der Waals surface area (Å²) in [6.07, 6.45) is 5.76. The summed E-state index contributed by atoms with van der Waals surface area (Å²) in [6, 6.07) is -8.27. The number of amides is 6. The molecule has 1 aliphatic rings. The Morgan fingerprint density at radius 2 is 1.58 bits per heavy atom. The van der Waals surface area contributed by atoms with E-state index in [2.05, 4.69) is 41.5 Å². The molecule has 2 heterocycles. The fourth-order valence-corrected chi connectivity index (χ4v) is 5.75. The number of guanidine groups is 1. The monoisotopic (exact) mass is 768 g/mol. The summed E-state index contributed by atoms with van der Waals surface area (Å²) in [5.41, 5.74) is 17.0. The normalized spacial score (nSPS) is 17.2. The van der Waals surface area contributed by atoms with E-state index in [1.54, 1.807) is 6.26 Å². The second-order valence-electron chi connectivity index (χ2n) is 12.5. The third kappa shape index (κ3) is 14.5. The van der Waals surface area contributed by atoms with Gasteiger partial charge >= 0.3 is 5.97 Å². The van der Waals surface area contributed by atoms with Crippen LogP contribution in [0.2, 0.25) is 0 Å². The molecule has 0 radical (unpaired) electrons. The van der Waals surface area contributed by atoms with E-state index in [-0.39, 0.29) is 51.2 Å². The number of aliphatic imine (C=N–C) groups is 1. The number of carbonyl (C=O) groups excluding carboxylic acids is 6. The molecule has 7 atom stereocenters. The predicted molar refractivity (Wildman–Crippen MR) is 194 cm³/mol. The lowest BCUT2D eigenvalue weighted by Gasteiger charge is -2.30. The number of nitrogens with one attached hydrogen (secondary N) is 6. The Morgan fingerprint density at radius 1 is 0.962 bits per heavy atom. The molecule has 53 heavy (non-hydrogen) atoms. The molecule has 0 saturated carbocycles. The zero-order valence-corrected chi connectivity index (χ0v) is 30.8. The Labute approximate surface area is 310 Å². The van der Waals surface area contributed by atoms with Gasteiger partial charge in [0.05, 0.1) is 19.0 Å². The average Bonchev–Trinajstić information content (AvgIpc) is 3.82. The standard InChI is InChI=1S/C31H52N12O9S/c1-16(32)24(45)41-21(12-18-13-35-15-37-18)29(50)43-10-5-7-23(43)28(49)42-22(14-44)27(48)40-20(8-11-53-3)26(47)39-19(6-4-9-36-31(33)34)25(46)38-17(2)30(51)52/h13,15-17,19-23,44H,4-12,14,32H2,1-3H3,(H,35,37)(H,38,46)(H,39,47)(H,40,48)(H,41,45)(H,42,49)(H,51,52)(H4,33,34,36)/t16-,17-,19-,20-,21-,22-,23-/m0/s1. The third-order valence-electron chi connectivity index (χ3n) is 8.21. The first kappa shape index (κ1) is 44.2. The summed E-state index contributed by atoms with van der Waals surface area (Å²) in [4.78, 5) is 103. The van der Waals surface area contributed by atoms with Crippen LogP contribution in [0, 0.1) is 0 Å². The maximum atomic E-state index is 13.7. The number of nitrogens with zero attached hydrogens (tertiary/aromatic N) is 3. The van der Waals surface area contributed by atoms with Crippen molar-refractivity contribution in [1.82, 2.24) is 41.5 Å². The second kappa shape index (κ2) is 22.2. The molecule has 21 nitrogen and oxygen atoms in total. The van der Waals surface area contributed by atoms with E-state index < -0.39 is 90.3 Å². The van der Waals surface area contributed by atoms with Crippen molar-refractivity contribution in [2.75, 3.05) is 31.7 Å². The van der Waals surface area contributed by atoms with Gasteiger partial charge in [0.1, 0.15) is 36.3 Å². The molecule has 14 N–H and O–H groups in total. The number of aromatic amines is 1. The number of nitrogens with two attached hydrogens (primary N) is 3. The van der Waals surface area contributed by atoms with Crippen molar-refractivity contribution in [2.45, 2.75) is 94.7 Å². The Balaban J connectivity index is 2.18. The van der Waals surface area contributed by atoms with Crippen molar-refractivity contribution in [3.63, 3.8) is 0 Å². The largest absolute Gasteiger partial charge is 0.480 e. The molecular formula is C31H52N12O9S. The van der Waals surface area contributed by atoms with Gasteiger partial charge in [-0.05, 0) is 58.0 Å². The molecule has 0 aliphatic carbocycles. The van der Waals surface area contributed by atoms with Crippen molar-refractivity contribution in [2.24, 2.45) is 22.2 Å². The van der Waals surface area contributed by atoms with Gasteiger partial charge in [0.25, 0.3) is 0 Å². The molecule has 296 valence electrons. The summed E-state index contributed by atoms with van der Waals surface area (Å²) in [6.45, 7) is 2.17. The second-order valence-corrected chi connectivity index (χ2v) is 13.5. The van der Waals surface area contributed by atoms with Gasteiger partial charge in [0.15, 0.2) is 5.96 Å². The first-order valence-corrected chi connectivity index (χ1v) is 18.4. The minimum absolute atomic E-state index is 0.0213. The zero-order chi connectivity index (χ0) is 39.7. The number of imidazole rings is 1. The van der Waals surface area contributed by atoms with E-state index in [0.717, 1.165) is 0 Å². The Hall–Kier alpha value is -4.96. The molecule has 22 heteroatoms. The highest BCUT2D eigenvalue weighted by Crippen LogP contribution is 2.20. The summed E-state index contributed by atoms with van der Waals surface area (Å²) >= 11 is 1.37. The van der Waals surface area contributed by atoms with Crippen molar-refractivity contribution in [3.05, 3.63) is 18.2 Å². The van der Waals surface area contributed by atoms with Crippen LogP contribution in [0.1, 0.15) is 51.6 Å². The number of likely N-dealkylation sites (tertiary alicyclic amines) is 1. The number of aliphatic carboxylic acids is 1. The van der Waals surface area contributed by atoms with Gasteiger partial charge in [-0.15, -0.1) is 0 Å². The number of hydrogen-bond acceptors (Lipinski definition) is 12. The number of carboxylic acids is 1. The molecule has 6 amide bonds. The van der Waals surface area contributed by atoms with E-state index in [4.69, 9.17) is 17.2 Å². The molecule has 0 aromatic carbocycles. The number of rotatable bonds is 22. The SMILES string of the molecule is CSCC[C@H](NC(=O)[C@H](CO)NC(=O)[C@@H]1CCCN1C(=O)[C@H](Cc1cnc[nH]1)NC(=O)[C@H](C)N)C(=O)N[C@@H](CCCN=C(N)N)C(=O)N[C@@H](C)C(=O)O. The fraction of sp³-hybridized carbons (Fsp3) is 0.645. The topological polar surface area (TPSA) is 342 Å². The summed E-state index contributed by atoms with van der Waals surface area (Å²) < 4.78 is 0. The smallest absolute Gasteiger partial charge is 0.325 e. The maximum absolute atomic E-state index is 13.7. The van der Waals surface area contributed by atoms with Gasteiger partial charge in [0, 0.05) is 31.4 Å². The van der Waals surface area contributed by atoms with Crippen LogP contribution in [0.4, 0.5) is 0 Å². The number of hydrogen-bond donors (Lipinski definition) is 11. The first-order valence-electron chi connectivity index (χ1n) is 17.0. The van der Waals surface area contributed by atoms with E-state index in [9.17, 15) is 43.8 Å². The Kier molecular flexibility index (Phi) is 18.5. The van der Waals surface area contributed by atoms with E-state index >= 15 is 0 Å². The third-order valence-corrected chi connectivity index (χ3v) is 8.86. The van der Waals surface area contributed by atoms with Gasteiger partial charge in [-0.1, -0.05) is 0 Å².